The Kier molecular flexibility index (Phi) is 76.2. The Morgan fingerprint density at radius 2 is 0.489 bits per heavy atom. The quantitative estimate of drug-likeness (QED) is 0.0373. The van der Waals surface area contributed by atoms with Gasteiger partial charge in [0.15, 0.2) is 6.10 Å². The molecule has 5 heteroatoms. The van der Waals surface area contributed by atoms with Crippen LogP contribution in [0.5, 0.6) is 0 Å². The molecule has 0 spiro atoms. The summed E-state index contributed by atoms with van der Waals surface area (Å²) in [5.74, 6) is -0.566. The largest absolute Gasteiger partial charge is 0.462 e. The molecule has 1 N–H and O–H groups in total. The molecule has 1 atom stereocenters. The molecule has 0 aromatic heterocycles. The molecule has 0 bridgehead atoms. The van der Waals surface area contributed by atoms with Crippen LogP contribution in [0.3, 0.4) is 0 Å². The Bertz CT molecular complexity index is 1540. The number of hydrogen-bond donors (Lipinski definition) is 1. The number of hydrogen-bond acceptors (Lipinski definition) is 5. The fourth-order valence-electron chi connectivity index (χ4n) is 12.2. The van der Waals surface area contributed by atoms with Crippen LogP contribution in [0, 0.1) is 0 Å². The SMILES string of the molecule is CC/C=C\C/C=C\C/C=C\C/C=C\C/C=C\C/C=C\CCCCCCCCCCCCCCCCCCCCCCC(=O)OC(CO)COC(=O)CCCCCCCCCCCCCCCCCCCCCCCCCCCCCCCCCCCCC. The molecule has 0 rings (SSSR count). The van der Waals surface area contributed by atoms with Crippen LogP contribution in [0.1, 0.15) is 425 Å². The summed E-state index contributed by atoms with van der Waals surface area (Å²) in [6.45, 7) is 4.09. The van der Waals surface area contributed by atoms with Crippen LogP contribution in [0.25, 0.3) is 0 Å². The molecule has 0 radical (unpaired) electrons. The highest BCUT2D eigenvalue weighted by molar-refractivity contribution is 5.70. The second-order valence-electron chi connectivity index (χ2n) is 26.8. The summed E-state index contributed by atoms with van der Waals surface area (Å²) < 4.78 is 10.8. The number of aliphatic hydroxyl groups is 1. The predicted molar refractivity (Wildman–Crippen MR) is 390 cm³/mol. The third-order valence-corrected chi connectivity index (χ3v) is 18.0. The van der Waals surface area contributed by atoms with E-state index in [2.05, 4.69) is 86.8 Å². The van der Waals surface area contributed by atoms with Gasteiger partial charge in [0.25, 0.3) is 0 Å². The molecule has 0 saturated heterocycles. The van der Waals surface area contributed by atoms with Gasteiger partial charge in [0.1, 0.15) is 6.61 Å². The van der Waals surface area contributed by atoms with Crippen molar-refractivity contribution in [1.29, 1.82) is 0 Å². The van der Waals surface area contributed by atoms with Crippen LogP contribution in [-0.2, 0) is 19.1 Å². The molecule has 88 heavy (non-hydrogen) atoms. The summed E-state index contributed by atoms with van der Waals surface area (Å²) in [6, 6.07) is 0. The van der Waals surface area contributed by atoms with Gasteiger partial charge in [0, 0.05) is 12.8 Å². The zero-order valence-corrected chi connectivity index (χ0v) is 59.3. The van der Waals surface area contributed by atoms with E-state index in [0.717, 1.165) is 70.6 Å². The summed E-state index contributed by atoms with van der Waals surface area (Å²) >= 11 is 0. The number of rotatable bonds is 74. The minimum absolute atomic E-state index is 0.0603. The van der Waals surface area contributed by atoms with Crippen LogP contribution in [-0.4, -0.2) is 36.4 Å². The lowest BCUT2D eigenvalue weighted by molar-refractivity contribution is -0.161. The van der Waals surface area contributed by atoms with Crippen molar-refractivity contribution >= 4 is 11.9 Å². The number of esters is 2. The van der Waals surface area contributed by atoms with Gasteiger partial charge >= 0.3 is 11.9 Å². The zero-order chi connectivity index (χ0) is 63.3. The lowest BCUT2D eigenvalue weighted by atomic mass is 10.0. The molecule has 0 aromatic carbocycles. The lowest BCUT2D eigenvalue weighted by Gasteiger charge is -2.15. The topological polar surface area (TPSA) is 72.8 Å². The van der Waals surface area contributed by atoms with Crippen molar-refractivity contribution in [3.63, 3.8) is 0 Å². The predicted octanol–water partition coefficient (Wildman–Crippen LogP) is 27.8. The van der Waals surface area contributed by atoms with Crippen LogP contribution in [0.2, 0.25) is 0 Å². The average molecular weight is 1230 g/mol. The van der Waals surface area contributed by atoms with Gasteiger partial charge in [-0.3, -0.25) is 9.59 Å². The van der Waals surface area contributed by atoms with E-state index in [9.17, 15) is 14.7 Å². The van der Waals surface area contributed by atoms with Crippen LogP contribution in [0.15, 0.2) is 72.9 Å². The molecule has 5 nitrogen and oxygen atoms in total. The number of unbranched alkanes of at least 4 members (excludes halogenated alkanes) is 54. The van der Waals surface area contributed by atoms with E-state index in [4.69, 9.17) is 9.47 Å². The Morgan fingerprint density at radius 1 is 0.273 bits per heavy atom. The van der Waals surface area contributed by atoms with Crippen LogP contribution < -0.4 is 0 Å². The Balaban J connectivity index is 3.38. The standard InChI is InChI=1S/C83H152O5/c1-3-5-7-9-11-13-15-17-19-21-23-25-27-29-31-33-35-37-39-40-41-42-44-46-48-50-52-54-56-58-60-62-64-66-68-70-72-74-76-78-83(86)88-81(79-84)80-87-82(85)77-75-73-71-69-67-65-63-61-59-57-55-53-51-49-47-45-43-38-36-34-32-30-28-26-24-22-20-18-16-14-12-10-8-6-4-2/h5,7,11,13,17,19,23,25,29,31,35,37,81,84H,3-4,6,8-10,12,14-16,18,20-22,24,26-28,30,32-34,36,38-80H2,1-2H3/b7-5-,13-11-,19-17-,25-23-,31-29-,37-35-. The van der Waals surface area contributed by atoms with E-state index in [1.54, 1.807) is 0 Å². The molecule has 0 saturated carbocycles. The maximum atomic E-state index is 12.4. The van der Waals surface area contributed by atoms with Gasteiger partial charge in [0.2, 0.25) is 0 Å². The molecule has 514 valence electrons. The van der Waals surface area contributed by atoms with Gasteiger partial charge in [-0.15, -0.1) is 0 Å². The fraction of sp³-hybridized carbons (Fsp3) is 0.831. The van der Waals surface area contributed by atoms with Crippen molar-refractivity contribution in [3.05, 3.63) is 72.9 Å². The Morgan fingerprint density at radius 3 is 0.739 bits per heavy atom. The normalized spacial score (nSPS) is 12.5. The molecule has 0 aromatic rings. The number of allylic oxidation sites excluding steroid dienone is 12. The second kappa shape index (κ2) is 78.6. The van der Waals surface area contributed by atoms with Crippen molar-refractivity contribution in [3.8, 4) is 0 Å². The first kappa shape index (κ1) is 85.3. The highest BCUT2D eigenvalue weighted by Crippen LogP contribution is 2.20. The monoisotopic (exact) mass is 1230 g/mol. The minimum Gasteiger partial charge on any atom is -0.462 e. The third-order valence-electron chi connectivity index (χ3n) is 18.0. The number of aliphatic hydroxyl groups excluding tert-OH is 1. The van der Waals surface area contributed by atoms with E-state index < -0.39 is 6.10 Å². The highest BCUT2D eigenvalue weighted by Gasteiger charge is 2.16. The van der Waals surface area contributed by atoms with Crippen molar-refractivity contribution in [1.82, 2.24) is 0 Å². The van der Waals surface area contributed by atoms with E-state index in [0.29, 0.717) is 12.8 Å². The highest BCUT2D eigenvalue weighted by atomic mass is 16.6. The lowest BCUT2D eigenvalue weighted by Crippen LogP contribution is -2.28. The first-order chi connectivity index (χ1) is 43.6. The zero-order valence-electron chi connectivity index (χ0n) is 59.3. The first-order valence-electron chi connectivity index (χ1n) is 39.5. The summed E-state index contributed by atoms with van der Waals surface area (Å²) in [5.41, 5.74) is 0. The van der Waals surface area contributed by atoms with Crippen LogP contribution >= 0.6 is 0 Å². The minimum atomic E-state index is -0.772. The van der Waals surface area contributed by atoms with Crippen LogP contribution in [0.4, 0.5) is 0 Å². The molecule has 1 unspecified atom stereocenters. The smallest absolute Gasteiger partial charge is 0.306 e. The Hall–Kier alpha value is -2.66. The average Bonchev–Trinajstić information content (AvgIpc) is 3.54. The van der Waals surface area contributed by atoms with E-state index >= 15 is 0 Å². The molecule has 0 aliphatic carbocycles. The third kappa shape index (κ3) is 75.8. The van der Waals surface area contributed by atoms with E-state index in [1.165, 1.54) is 327 Å². The van der Waals surface area contributed by atoms with Gasteiger partial charge in [0.05, 0.1) is 6.61 Å². The first-order valence-corrected chi connectivity index (χ1v) is 39.5. The maximum Gasteiger partial charge on any atom is 0.306 e. The van der Waals surface area contributed by atoms with Gasteiger partial charge in [-0.05, 0) is 64.2 Å². The summed E-state index contributed by atoms with van der Waals surface area (Å²) in [5, 5.41) is 9.73. The Labute approximate surface area is 550 Å². The molecule has 0 heterocycles. The number of carbonyl (C=O) groups is 2. The molecule has 0 fully saturated rings. The van der Waals surface area contributed by atoms with Gasteiger partial charge in [-0.2, -0.15) is 0 Å². The fourth-order valence-corrected chi connectivity index (χ4v) is 12.2. The van der Waals surface area contributed by atoms with Crippen molar-refractivity contribution in [2.75, 3.05) is 13.2 Å². The maximum absolute atomic E-state index is 12.4. The molecule has 0 aliphatic heterocycles. The molecule has 0 aliphatic rings. The van der Waals surface area contributed by atoms with E-state index in [-0.39, 0.29) is 25.2 Å². The number of ether oxygens (including phenoxy) is 2. The second-order valence-corrected chi connectivity index (χ2v) is 26.8. The van der Waals surface area contributed by atoms with Gasteiger partial charge in [-0.1, -0.05) is 421 Å². The number of carbonyl (C=O) groups excluding carboxylic acids is 2. The summed E-state index contributed by atoms with van der Waals surface area (Å²) in [7, 11) is 0. The van der Waals surface area contributed by atoms with Crippen molar-refractivity contribution < 1.29 is 24.2 Å². The molecular formula is C83H152O5. The van der Waals surface area contributed by atoms with Gasteiger partial charge in [-0.25, -0.2) is 0 Å². The van der Waals surface area contributed by atoms with Crippen molar-refractivity contribution in [2.45, 2.75) is 431 Å². The van der Waals surface area contributed by atoms with Gasteiger partial charge < -0.3 is 14.6 Å². The van der Waals surface area contributed by atoms with E-state index in [1.807, 2.05) is 0 Å². The summed E-state index contributed by atoms with van der Waals surface area (Å²) in [4.78, 5) is 24.7. The van der Waals surface area contributed by atoms with Crippen molar-refractivity contribution in [2.24, 2.45) is 0 Å². The summed E-state index contributed by atoms with van der Waals surface area (Å²) in [6.07, 6.45) is 110. The molecule has 0 amide bonds. The molecular weight excluding hydrogens is 1080 g/mol.